The molecule has 0 fully saturated rings. The van der Waals surface area contributed by atoms with Crippen molar-refractivity contribution < 1.29 is 33.3 Å². The number of nitrogens with zero attached hydrogens (tertiary/aromatic N) is 1. The number of likely N-dealkylation sites (N-methyl/N-ethyl adjacent to an activating group) is 1. The molecule has 0 saturated heterocycles. The highest BCUT2D eigenvalue weighted by Crippen LogP contribution is 2.40. The lowest BCUT2D eigenvalue weighted by molar-refractivity contribution is 0.0599. The summed E-state index contributed by atoms with van der Waals surface area (Å²) in [6.45, 7) is 11.2. The molecule has 0 spiro atoms. The predicted octanol–water partition coefficient (Wildman–Crippen LogP) is 22.9. The molecule has 0 radical (unpaired) electrons. The number of hydrogen-bond donors (Lipinski definition) is 0. The Morgan fingerprint density at radius 1 is 0.370 bits per heavy atom. The van der Waals surface area contributed by atoms with Crippen molar-refractivity contribution in [1.29, 1.82) is 0 Å². The third-order valence-electron chi connectivity index (χ3n) is 16.7. The van der Waals surface area contributed by atoms with E-state index in [0.29, 0.717) is 67.1 Å². The van der Waals surface area contributed by atoms with E-state index in [2.05, 4.69) is 20.8 Å². The third kappa shape index (κ3) is 40.5. The second-order valence-corrected chi connectivity index (χ2v) is 24.3. The molecule has 0 aliphatic heterocycles. The van der Waals surface area contributed by atoms with E-state index < -0.39 is 0 Å². The van der Waals surface area contributed by atoms with Gasteiger partial charge in [0.1, 0.15) is 12.4 Å². The molecule has 1 amide bonds. The summed E-state index contributed by atoms with van der Waals surface area (Å²) < 4.78 is 31.0. The SMILES string of the molecule is CCCCCCCCCCCCCCCCCCOc1cc(C(=O)N(C)CCOc2ccc(C(=O)OC)c(C)c2)cc(OCCCCCCCCCCCCCCCCCC)c1OCCCCCCCCCCCCCCCCCC. The maximum absolute atomic E-state index is 14.3. The minimum absolute atomic E-state index is 0.125. The van der Waals surface area contributed by atoms with Gasteiger partial charge >= 0.3 is 5.97 Å². The number of benzene rings is 2. The zero-order valence-electron chi connectivity index (χ0n) is 54.2. The van der Waals surface area contributed by atoms with Crippen LogP contribution in [0, 0.1) is 6.92 Å². The van der Waals surface area contributed by atoms with Crippen LogP contribution in [0.4, 0.5) is 0 Å². The lowest BCUT2D eigenvalue weighted by atomic mass is 10.0. The van der Waals surface area contributed by atoms with Crippen molar-refractivity contribution in [2.75, 3.05) is 47.1 Å². The van der Waals surface area contributed by atoms with Crippen molar-refractivity contribution in [1.82, 2.24) is 4.90 Å². The number of ether oxygens (including phenoxy) is 5. The number of unbranched alkanes of at least 4 members (excludes halogenated alkanes) is 45. The second-order valence-electron chi connectivity index (χ2n) is 24.3. The summed E-state index contributed by atoms with van der Waals surface area (Å²) in [5.41, 5.74) is 1.81. The molecule has 0 aliphatic rings. The molecule has 2 rings (SSSR count). The third-order valence-corrected chi connectivity index (χ3v) is 16.7. The number of rotatable bonds is 60. The van der Waals surface area contributed by atoms with Gasteiger partial charge in [0.15, 0.2) is 11.5 Å². The number of methoxy groups -OCH3 is 1. The molecule has 0 atom stereocenters. The molecule has 468 valence electrons. The van der Waals surface area contributed by atoms with E-state index in [4.69, 9.17) is 23.7 Å². The molecule has 0 bridgehead atoms. The van der Waals surface area contributed by atoms with Gasteiger partial charge in [-0.1, -0.05) is 310 Å². The molecule has 0 N–H and O–H groups in total. The van der Waals surface area contributed by atoms with Crippen LogP contribution in [-0.4, -0.2) is 63.9 Å². The predicted molar refractivity (Wildman–Crippen MR) is 347 cm³/mol. The smallest absolute Gasteiger partial charge is 0.338 e. The largest absolute Gasteiger partial charge is 0.492 e. The van der Waals surface area contributed by atoms with Gasteiger partial charge in [-0.3, -0.25) is 4.79 Å². The van der Waals surface area contributed by atoms with E-state index in [1.165, 1.54) is 277 Å². The van der Waals surface area contributed by atoms with E-state index in [1.54, 1.807) is 17.0 Å². The van der Waals surface area contributed by atoms with Gasteiger partial charge in [0.25, 0.3) is 5.91 Å². The average molecular weight is 1130 g/mol. The normalized spacial score (nSPS) is 11.3. The van der Waals surface area contributed by atoms with Crippen molar-refractivity contribution in [3.63, 3.8) is 0 Å². The van der Waals surface area contributed by atoms with E-state index >= 15 is 0 Å². The van der Waals surface area contributed by atoms with Gasteiger partial charge in [0.05, 0.1) is 39.0 Å². The quantitative estimate of drug-likeness (QED) is 0.0482. The van der Waals surface area contributed by atoms with E-state index in [1.807, 2.05) is 32.2 Å². The van der Waals surface area contributed by atoms with Gasteiger partial charge in [-0.25, -0.2) is 4.79 Å². The number of carbonyl (C=O) groups is 2. The summed E-state index contributed by atoms with van der Waals surface area (Å²) in [6.07, 6.45) is 63.7. The zero-order chi connectivity index (χ0) is 58.3. The first-order valence-electron chi connectivity index (χ1n) is 35.0. The van der Waals surface area contributed by atoms with Gasteiger partial charge in [0, 0.05) is 12.6 Å². The summed E-state index contributed by atoms with van der Waals surface area (Å²) in [6, 6.07) is 9.08. The first-order chi connectivity index (χ1) is 39.9. The Balaban J connectivity index is 2.03. The molecule has 0 saturated carbocycles. The van der Waals surface area contributed by atoms with Crippen LogP contribution in [-0.2, 0) is 4.74 Å². The van der Waals surface area contributed by atoms with Crippen molar-refractivity contribution in [2.24, 2.45) is 0 Å². The summed E-state index contributed by atoms with van der Waals surface area (Å²) in [5, 5.41) is 0. The Hall–Kier alpha value is -3.42. The minimum Gasteiger partial charge on any atom is -0.492 e. The van der Waals surface area contributed by atoms with Crippen LogP contribution in [0.15, 0.2) is 30.3 Å². The van der Waals surface area contributed by atoms with Crippen LogP contribution >= 0.6 is 0 Å². The fraction of sp³-hybridized carbons (Fsp3) is 0.808. The number of carbonyl (C=O) groups excluding carboxylic acids is 2. The highest BCUT2D eigenvalue weighted by Gasteiger charge is 2.22. The lowest BCUT2D eigenvalue weighted by Gasteiger charge is -2.21. The summed E-state index contributed by atoms with van der Waals surface area (Å²) in [5.74, 6) is 1.98. The average Bonchev–Trinajstić information content (AvgIpc) is 3.50. The van der Waals surface area contributed by atoms with Gasteiger partial charge in [-0.2, -0.15) is 0 Å². The first kappa shape index (κ1) is 73.7. The molecule has 0 heterocycles. The minimum atomic E-state index is -0.372. The monoisotopic (exact) mass is 1130 g/mol. The molecule has 2 aromatic carbocycles. The van der Waals surface area contributed by atoms with Crippen molar-refractivity contribution in [3.05, 3.63) is 47.0 Å². The Labute approximate surface area is 500 Å². The summed E-state index contributed by atoms with van der Waals surface area (Å²) in [4.78, 5) is 28.1. The molecular formula is C73H129NO7. The van der Waals surface area contributed by atoms with E-state index in [-0.39, 0.29) is 11.9 Å². The molecular weight excluding hydrogens is 1000 g/mol. The zero-order valence-corrected chi connectivity index (χ0v) is 54.2. The van der Waals surface area contributed by atoms with Gasteiger partial charge < -0.3 is 28.6 Å². The molecule has 8 heteroatoms. The van der Waals surface area contributed by atoms with Crippen LogP contribution in [0.3, 0.4) is 0 Å². The Morgan fingerprint density at radius 3 is 0.963 bits per heavy atom. The molecule has 8 nitrogen and oxygen atoms in total. The van der Waals surface area contributed by atoms with Crippen LogP contribution in [0.25, 0.3) is 0 Å². The standard InChI is InChI=1S/C73H129NO7/c1-7-10-13-16-19-22-25-28-31-34-37-40-43-46-49-52-58-79-69-63-66(72(75)74(5)57-61-78-67-55-56-68(65(4)62-67)73(76)77-6)64-70(80-59-53-50-47-44-41-38-35-32-29-26-23-20-17-14-11-8-2)71(69)81-60-54-51-48-45-42-39-36-33-30-27-24-21-18-15-12-9-3/h55-56,62-64H,7-54,57-61H2,1-6H3. The lowest BCUT2D eigenvalue weighted by Crippen LogP contribution is -2.31. The number of hydrogen-bond acceptors (Lipinski definition) is 7. The van der Waals surface area contributed by atoms with Crippen LogP contribution < -0.4 is 18.9 Å². The maximum Gasteiger partial charge on any atom is 0.338 e. The van der Waals surface area contributed by atoms with E-state index in [9.17, 15) is 9.59 Å². The molecule has 0 aromatic heterocycles. The fourth-order valence-electron chi connectivity index (χ4n) is 11.2. The number of esters is 1. The van der Waals surface area contributed by atoms with Crippen LogP contribution in [0.1, 0.15) is 355 Å². The topological polar surface area (TPSA) is 83.5 Å². The van der Waals surface area contributed by atoms with Crippen LogP contribution in [0.2, 0.25) is 0 Å². The highest BCUT2D eigenvalue weighted by molar-refractivity contribution is 5.95. The number of amides is 1. The Bertz CT molecular complexity index is 1690. The number of aryl methyl sites for hydroxylation is 1. The maximum atomic E-state index is 14.3. The van der Waals surface area contributed by atoms with Crippen molar-refractivity contribution in [3.8, 4) is 23.0 Å². The molecule has 81 heavy (non-hydrogen) atoms. The Kier molecular flexibility index (Phi) is 49.6. The first-order valence-corrected chi connectivity index (χ1v) is 35.0. The molecule has 0 aliphatic carbocycles. The highest BCUT2D eigenvalue weighted by atomic mass is 16.5. The molecule has 2 aromatic rings. The van der Waals surface area contributed by atoms with Crippen LogP contribution in [0.5, 0.6) is 23.0 Å². The van der Waals surface area contributed by atoms with Crippen molar-refractivity contribution in [2.45, 2.75) is 336 Å². The van der Waals surface area contributed by atoms with Gasteiger partial charge in [-0.15, -0.1) is 0 Å². The fourth-order valence-corrected chi connectivity index (χ4v) is 11.2. The van der Waals surface area contributed by atoms with Gasteiger partial charge in [0.2, 0.25) is 5.75 Å². The second kappa shape index (κ2) is 54.5. The summed E-state index contributed by atoms with van der Waals surface area (Å²) in [7, 11) is 3.20. The molecule has 0 unspecified atom stereocenters. The Morgan fingerprint density at radius 2 is 0.667 bits per heavy atom. The van der Waals surface area contributed by atoms with Crippen molar-refractivity contribution >= 4 is 11.9 Å². The van der Waals surface area contributed by atoms with E-state index in [0.717, 1.165) is 44.1 Å². The van der Waals surface area contributed by atoms with Gasteiger partial charge in [-0.05, 0) is 62.1 Å². The summed E-state index contributed by atoms with van der Waals surface area (Å²) >= 11 is 0.